The molecule has 0 aliphatic carbocycles. The van der Waals surface area contributed by atoms with E-state index in [1.807, 2.05) is 5.38 Å². The number of carbonyl (C=O) groups excluding carboxylic acids is 1. The first-order chi connectivity index (χ1) is 6.84. The van der Waals surface area contributed by atoms with Crippen molar-refractivity contribution < 1.29 is 4.79 Å². The SMILES string of the molecule is O=C(Cc1cscn1)Nc1ncn[nH]1. The minimum Gasteiger partial charge on any atom is -0.295 e. The zero-order valence-electron chi connectivity index (χ0n) is 7.10. The Balaban J connectivity index is 1.91. The number of H-pyrrole nitrogens is 1. The molecule has 0 spiro atoms. The molecular formula is C7H7N5OS. The zero-order valence-corrected chi connectivity index (χ0v) is 7.91. The maximum absolute atomic E-state index is 11.3. The van der Waals surface area contributed by atoms with Gasteiger partial charge in [0.1, 0.15) is 6.33 Å². The van der Waals surface area contributed by atoms with E-state index < -0.39 is 0 Å². The van der Waals surface area contributed by atoms with Crippen LogP contribution in [0.4, 0.5) is 5.95 Å². The lowest BCUT2D eigenvalue weighted by atomic mass is 10.3. The fraction of sp³-hybridized carbons (Fsp3) is 0.143. The van der Waals surface area contributed by atoms with E-state index in [2.05, 4.69) is 25.5 Å². The predicted octanol–water partition coefficient (Wildman–Crippen LogP) is 0.442. The second-order valence-electron chi connectivity index (χ2n) is 2.54. The molecule has 0 unspecified atom stereocenters. The third-order valence-corrected chi connectivity index (χ3v) is 2.13. The smallest absolute Gasteiger partial charge is 0.232 e. The maximum atomic E-state index is 11.3. The molecule has 2 heterocycles. The lowest BCUT2D eigenvalue weighted by molar-refractivity contribution is -0.115. The van der Waals surface area contributed by atoms with Crippen molar-refractivity contribution in [2.75, 3.05) is 5.32 Å². The fourth-order valence-electron chi connectivity index (χ4n) is 0.931. The molecule has 0 fully saturated rings. The van der Waals surface area contributed by atoms with Crippen LogP contribution in [0.2, 0.25) is 0 Å². The van der Waals surface area contributed by atoms with E-state index in [0.717, 1.165) is 5.69 Å². The van der Waals surface area contributed by atoms with Gasteiger partial charge in [0.25, 0.3) is 0 Å². The number of thiazole rings is 1. The standard InChI is InChI=1S/C7H7N5OS/c13-6(1-5-2-14-4-9-5)11-7-8-3-10-12-7/h2-4H,1H2,(H2,8,10,11,12,13). The first-order valence-corrected chi connectivity index (χ1v) is 4.81. The van der Waals surface area contributed by atoms with Gasteiger partial charge in [0.05, 0.1) is 17.6 Å². The van der Waals surface area contributed by atoms with Crippen molar-refractivity contribution >= 4 is 23.2 Å². The van der Waals surface area contributed by atoms with Crippen molar-refractivity contribution in [2.45, 2.75) is 6.42 Å². The molecule has 0 saturated carbocycles. The minimum atomic E-state index is -0.160. The summed E-state index contributed by atoms with van der Waals surface area (Å²) >= 11 is 1.46. The van der Waals surface area contributed by atoms with E-state index in [4.69, 9.17) is 0 Å². The number of carbonyl (C=O) groups is 1. The predicted molar refractivity (Wildman–Crippen MR) is 50.8 cm³/mol. The molecule has 0 bridgehead atoms. The van der Waals surface area contributed by atoms with Gasteiger partial charge in [-0.2, -0.15) is 10.1 Å². The van der Waals surface area contributed by atoms with Gasteiger partial charge in [0.15, 0.2) is 0 Å². The van der Waals surface area contributed by atoms with E-state index >= 15 is 0 Å². The minimum absolute atomic E-state index is 0.160. The Hall–Kier alpha value is -1.76. The van der Waals surface area contributed by atoms with Crippen LogP contribution < -0.4 is 5.32 Å². The quantitative estimate of drug-likeness (QED) is 0.768. The normalized spacial score (nSPS) is 10.0. The molecule has 2 rings (SSSR count). The van der Waals surface area contributed by atoms with Crippen molar-refractivity contribution in [1.29, 1.82) is 0 Å². The number of amides is 1. The average Bonchev–Trinajstić information content (AvgIpc) is 2.76. The van der Waals surface area contributed by atoms with E-state index in [9.17, 15) is 4.79 Å². The molecule has 72 valence electrons. The Morgan fingerprint density at radius 3 is 3.14 bits per heavy atom. The molecule has 2 aromatic heterocycles. The summed E-state index contributed by atoms with van der Waals surface area (Å²) in [5, 5.41) is 10.5. The highest BCUT2D eigenvalue weighted by atomic mass is 32.1. The van der Waals surface area contributed by atoms with Crippen LogP contribution in [0, 0.1) is 0 Å². The van der Waals surface area contributed by atoms with Gasteiger partial charge in [-0.15, -0.1) is 11.3 Å². The van der Waals surface area contributed by atoms with Crippen LogP contribution >= 0.6 is 11.3 Å². The number of nitrogens with zero attached hydrogens (tertiary/aromatic N) is 3. The molecule has 7 heteroatoms. The second-order valence-corrected chi connectivity index (χ2v) is 3.26. The molecule has 2 aromatic rings. The molecule has 0 aliphatic heterocycles. The summed E-state index contributed by atoms with van der Waals surface area (Å²) in [6.45, 7) is 0. The van der Waals surface area contributed by atoms with Gasteiger partial charge in [-0.25, -0.2) is 10.1 Å². The molecule has 6 nitrogen and oxygen atoms in total. The van der Waals surface area contributed by atoms with E-state index in [0.29, 0.717) is 5.95 Å². The summed E-state index contributed by atoms with van der Waals surface area (Å²) in [6, 6.07) is 0. The monoisotopic (exact) mass is 209 g/mol. The fourth-order valence-corrected chi connectivity index (χ4v) is 1.49. The Morgan fingerprint density at radius 1 is 1.57 bits per heavy atom. The van der Waals surface area contributed by atoms with Gasteiger partial charge in [-0.1, -0.05) is 0 Å². The summed E-state index contributed by atoms with van der Waals surface area (Å²) in [5.74, 6) is 0.192. The Bertz CT molecular complexity index is 357. The Kier molecular flexibility index (Phi) is 2.50. The molecule has 0 atom stereocenters. The summed E-state index contributed by atoms with van der Waals surface area (Å²) in [6.07, 6.45) is 1.59. The molecule has 0 saturated heterocycles. The first kappa shape index (κ1) is 8.82. The van der Waals surface area contributed by atoms with Crippen molar-refractivity contribution in [1.82, 2.24) is 20.2 Å². The largest absolute Gasteiger partial charge is 0.295 e. The van der Waals surface area contributed by atoms with E-state index in [-0.39, 0.29) is 12.3 Å². The number of hydrogen-bond donors (Lipinski definition) is 2. The topological polar surface area (TPSA) is 83.6 Å². The van der Waals surface area contributed by atoms with Gasteiger partial charge in [0.2, 0.25) is 11.9 Å². The van der Waals surface area contributed by atoms with Crippen LogP contribution in [-0.2, 0) is 11.2 Å². The number of rotatable bonds is 3. The van der Waals surface area contributed by atoms with Crippen LogP contribution in [0.15, 0.2) is 17.2 Å². The highest BCUT2D eigenvalue weighted by Crippen LogP contribution is 2.03. The lowest BCUT2D eigenvalue weighted by Gasteiger charge is -1.97. The van der Waals surface area contributed by atoms with Gasteiger partial charge in [0, 0.05) is 5.38 Å². The molecule has 0 radical (unpaired) electrons. The molecule has 14 heavy (non-hydrogen) atoms. The molecular weight excluding hydrogens is 202 g/mol. The number of nitrogens with one attached hydrogen (secondary N) is 2. The number of aromatic nitrogens is 4. The summed E-state index contributed by atoms with van der Waals surface area (Å²) in [5.41, 5.74) is 2.45. The highest BCUT2D eigenvalue weighted by Gasteiger charge is 2.06. The summed E-state index contributed by atoms with van der Waals surface area (Å²) in [7, 11) is 0. The summed E-state index contributed by atoms with van der Waals surface area (Å²) in [4.78, 5) is 19.1. The number of aromatic amines is 1. The molecule has 1 amide bonds. The Morgan fingerprint density at radius 2 is 2.50 bits per heavy atom. The second kappa shape index (κ2) is 3.97. The van der Waals surface area contributed by atoms with Crippen molar-refractivity contribution in [3.8, 4) is 0 Å². The number of anilines is 1. The first-order valence-electron chi connectivity index (χ1n) is 3.87. The van der Waals surface area contributed by atoms with Gasteiger partial charge < -0.3 is 0 Å². The maximum Gasteiger partial charge on any atom is 0.232 e. The van der Waals surface area contributed by atoms with Gasteiger partial charge in [-0.05, 0) is 0 Å². The van der Waals surface area contributed by atoms with Crippen LogP contribution in [0.3, 0.4) is 0 Å². The van der Waals surface area contributed by atoms with Crippen LogP contribution in [0.25, 0.3) is 0 Å². The van der Waals surface area contributed by atoms with Crippen LogP contribution in [-0.4, -0.2) is 26.1 Å². The van der Waals surface area contributed by atoms with Crippen molar-refractivity contribution in [2.24, 2.45) is 0 Å². The molecule has 2 N–H and O–H groups in total. The van der Waals surface area contributed by atoms with E-state index in [1.54, 1.807) is 5.51 Å². The molecule has 0 aliphatic rings. The number of hydrogen-bond acceptors (Lipinski definition) is 5. The lowest BCUT2D eigenvalue weighted by Crippen LogP contribution is -2.15. The van der Waals surface area contributed by atoms with Crippen LogP contribution in [0.1, 0.15) is 5.69 Å². The van der Waals surface area contributed by atoms with Crippen LogP contribution in [0.5, 0.6) is 0 Å². The van der Waals surface area contributed by atoms with Crippen molar-refractivity contribution in [3.63, 3.8) is 0 Å². The van der Waals surface area contributed by atoms with E-state index in [1.165, 1.54) is 17.7 Å². The van der Waals surface area contributed by atoms with Gasteiger partial charge in [-0.3, -0.25) is 10.1 Å². The zero-order chi connectivity index (χ0) is 9.80. The van der Waals surface area contributed by atoms with Crippen molar-refractivity contribution in [3.05, 3.63) is 22.9 Å². The molecule has 0 aromatic carbocycles. The summed E-state index contributed by atoms with van der Waals surface area (Å²) < 4.78 is 0. The highest BCUT2D eigenvalue weighted by molar-refractivity contribution is 7.07. The van der Waals surface area contributed by atoms with Gasteiger partial charge >= 0.3 is 0 Å². The average molecular weight is 209 g/mol. The third-order valence-electron chi connectivity index (χ3n) is 1.50. The Labute approximate surface area is 83.4 Å². The third kappa shape index (κ3) is 2.13.